The van der Waals surface area contributed by atoms with E-state index in [4.69, 9.17) is 10.5 Å². The van der Waals surface area contributed by atoms with Crippen LogP contribution in [-0.2, 0) is 16.1 Å². The summed E-state index contributed by atoms with van der Waals surface area (Å²) in [6.45, 7) is 2.32. The van der Waals surface area contributed by atoms with Crippen molar-refractivity contribution < 1.29 is 9.53 Å². The summed E-state index contributed by atoms with van der Waals surface area (Å²) in [6.07, 6.45) is 3.89. The number of benzene rings is 1. The van der Waals surface area contributed by atoms with E-state index in [0.717, 1.165) is 35.7 Å². The zero-order chi connectivity index (χ0) is 13.9. The number of rotatable bonds is 3. The van der Waals surface area contributed by atoms with Gasteiger partial charge in [0.05, 0.1) is 0 Å². The van der Waals surface area contributed by atoms with Crippen LogP contribution < -0.4 is 5.73 Å². The molecule has 0 spiro atoms. The van der Waals surface area contributed by atoms with Gasteiger partial charge in [-0.25, -0.2) is 0 Å². The smallest absolute Gasteiger partial charge is 0.326 e. The van der Waals surface area contributed by atoms with Gasteiger partial charge in [0, 0.05) is 4.47 Å². The Balaban J connectivity index is 1.97. The largest absolute Gasteiger partial charge is 0.459 e. The fraction of sp³-hybridized carbons (Fsp3) is 0.533. The van der Waals surface area contributed by atoms with E-state index >= 15 is 0 Å². The second kappa shape index (κ2) is 6.06. The van der Waals surface area contributed by atoms with Gasteiger partial charge in [-0.1, -0.05) is 47.8 Å². The first-order valence-corrected chi connectivity index (χ1v) is 7.52. The van der Waals surface area contributed by atoms with Crippen molar-refractivity contribution in [1.29, 1.82) is 0 Å². The number of carbonyl (C=O) groups is 1. The van der Waals surface area contributed by atoms with Crippen LogP contribution in [-0.4, -0.2) is 11.5 Å². The standard InChI is InChI=1S/C15H20BrNO2/c1-11-5-2-3-8-15(11,17)14(18)19-10-12-6-4-7-13(16)9-12/h4,6-7,9,11H,2-3,5,8,10,17H2,1H3. The minimum absolute atomic E-state index is 0.191. The normalized spacial score (nSPS) is 27.0. The molecule has 19 heavy (non-hydrogen) atoms. The molecular formula is C15H20BrNO2. The zero-order valence-corrected chi connectivity index (χ0v) is 12.8. The quantitative estimate of drug-likeness (QED) is 0.866. The molecule has 4 heteroatoms. The molecule has 2 N–H and O–H groups in total. The highest BCUT2D eigenvalue weighted by atomic mass is 79.9. The van der Waals surface area contributed by atoms with Gasteiger partial charge in [-0.3, -0.25) is 4.79 Å². The molecule has 1 fully saturated rings. The van der Waals surface area contributed by atoms with Crippen molar-refractivity contribution in [1.82, 2.24) is 0 Å². The summed E-state index contributed by atoms with van der Waals surface area (Å²) in [6, 6.07) is 7.75. The lowest BCUT2D eigenvalue weighted by Gasteiger charge is -2.36. The molecule has 104 valence electrons. The van der Waals surface area contributed by atoms with Crippen LogP contribution >= 0.6 is 15.9 Å². The summed E-state index contributed by atoms with van der Waals surface area (Å²) < 4.78 is 6.39. The van der Waals surface area contributed by atoms with Crippen molar-refractivity contribution in [3.05, 3.63) is 34.3 Å². The van der Waals surface area contributed by atoms with Gasteiger partial charge in [-0.05, 0) is 36.5 Å². The van der Waals surface area contributed by atoms with Crippen molar-refractivity contribution in [2.45, 2.75) is 44.8 Å². The highest BCUT2D eigenvalue weighted by Crippen LogP contribution is 2.32. The highest BCUT2D eigenvalue weighted by Gasteiger charge is 2.42. The first-order valence-electron chi connectivity index (χ1n) is 6.73. The van der Waals surface area contributed by atoms with Crippen LogP contribution in [0.15, 0.2) is 28.7 Å². The van der Waals surface area contributed by atoms with E-state index in [2.05, 4.69) is 15.9 Å². The topological polar surface area (TPSA) is 52.3 Å². The van der Waals surface area contributed by atoms with E-state index in [1.165, 1.54) is 0 Å². The SMILES string of the molecule is CC1CCCCC1(N)C(=O)OCc1cccc(Br)c1. The van der Waals surface area contributed by atoms with E-state index in [1.54, 1.807) is 0 Å². The van der Waals surface area contributed by atoms with Crippen LogP contribution in [0.25, 0.3) is 0 Å². The molecule has 2 unspecified atom stereocenters. The van der Waals surface area contributed by atoms with Crippen molar-refractivity contribution >= 4 is 21.9 Å². The number of carbonyl (C=O) groups excluding carboxylic acids is 1. The summed E-state index contributed by atoms with van der Waals surface area (Å²) in [4.78, 5) is 12.2. The molecule has 0 amide bonds. The highest BCUT2D eigenvalue weighted by molar-refractivity contribution is 9.10. The van der Waals surface area contributed by atoms with Crippen molar-refractivity contribution in [2.75, 3.05) is 0 Å². The Bertz CT molecular complexity index is 463. The molecule has 0 heterocycles. The van der Waals surface area contributed by atoms with Gasteiger partial charge in [0.15, 0.2) is 0 Å². The summed E-state index contributed by atoms with van der Waals surface area (Å²) in [5.41, 5.74) is 6.42. The molecule has 0 radical (unpaired) electrons. The molecule has 3 nitrogen and oxygen atoms in total. The average Bonchev–Trinajstić information content (AvgIpc) is 2.39. The summed E-state index contributed by atoms with van der Waals surface area (Å²) in [5.74, 6) is -0.0732. The van der Waals surface area contributed by atoms with Gasteiger partial charge in [-0.15, -0.1) is 0 Å². The van der Waals surface area contributed by atoms with Crippen LogP contribution in [0.3, 0.4) is 0 Å². The predicted molar refractivity (Wildman–Crippen MR) is 78.5 cm³/mol. The molecule has 1 aliphatic carbocycles. The molecule has 1 aromatic carbocycles. The van der Waals surface area contributed by atoms with Crippen molar-refractivity contribution in [2.24, 2.45) is 11.7 Å². The van der Waals surface area contributed by atoms with Crippen LogP contribution in [0.2, 0.25) is 0 Å². The number of nitrogens with two attached hydrogens (primary N) is 1. The lowest BCUT2D eigenvalue weighted by Crippen LogP contribution is -2.55. The molecule has 2 atom stereocenters. The van der Waals surface area contributed by atoms with E-state index < -0.39 is 5.54 Å². The van der Waals surface area contributed by atoms with Gasteiger partial charge in [0.1, 0.15) is 12.1 Å². The second-order valence-electron chi connectivity index (χ2n) is 5.39. The predicted octanol–water partition coefficient (Wildman–Crippen LogP) is 3.40. The van der Waals surface area contributed by atoms with Crippen LogP contribution in [0.5, 0.6) is 0 Å². The maximum atomic E-state index is 12.2. The summed E-state index contributed by atoms with van der Waals surface area (Å²) >= 11 is 3.40. The first-order chi connectivity index (χ1) is 9.02. The molecule has 1 aromatic rings. The fourth-order valence-corrected chi connectivity index (χ4v) is 3.03. The van der Waals surface area contributed by atoms with Gasteiger partial charge < -0.3 is 10.5 Å². The number of esters is 1. The van der Waals surface area contributed by atoms with Crippen LogP contribution in [0.4, 0.5) is 0 Å². The monoisotopic (exact) mass is 325 g/mol. The third-order valence-corrected chi connectivity index (χ3v) is 4.49. The lowest BCUT2D eigenvalue weighted by molar-refractivity contribution is -0.155. The fourth-order valence-electron chi connectivity index (χ4n) is 2.59. The molecule has 1 saturated carbocycles. The van der Waals surface area contributed by atoms with Gasteiger partial charge >= 0.3 is 5.97 Å². The minimum atomic E-state index is -0.801. The summed E-state index contributed by atoms with van der Waals surface area (Å²) in [7, 11) is 0. The Morgan fingerprint density at radius 1 is 1.53 bits per heavy atom. The maximum absolute atomic E-state index is 12.2. The number of ether oxygens (including phenoxy) is 1. The molecule has 0 saturated heterocycles. The van der Waals surface area contributed by atoms with Gasteiger partial charge in [-0.2, -0.15) is 0 Å². The third kappa shape index (κ3) is 3.37. The zero-order valence-electron chi connectivity index (χ0n) is 11.2. The number of hydrogen-bond donors (Lipinski definition) is 1. The number of hydrogen-bond acceptors (Lipinski definition) is 3. The van der Waals surface area contributed by atoms with E-state index in [0.29, 0.717) is 0 Å². The van der Waals surface area contributed by atoms with Crippen LogP contribution in [0.1, 0.15) is 38.2 Å². The van der Waals surface area contributed by atoms with E-state index in [9.17, 15) is 4.79 Å². The Hall–Kier alpha value is -0.870. The average molecular weight is 326 g/mol. The Kier molecular flexibility index (Phi) is 4.63. The van der Waals surface area contributed by atoms with Gasteiger partial charge in [0.25, 0.3) is 0 Å². The minimum Gasteiger partial charge on any atom is -0.459 e. The van der Waals surface area contributed by atoms with Crippen molar-refractivity contribution in [3.8, 4) is 0 Å². The van der Waals surface area contributed by atoms with Gasteiger partial charge in [0.2, 0.25) is 0 Å². The van der Waals surface area contributed by atoms with E-state index in [1.807, 2.05) is 31.2 Å². The molecule has 0 aromatic heterocycles. The molecule has 2 rings (SSSR count). The number of halogens is 1. The molecule has 0 bridgehead atoms. The Morgan fingerprint density at radius 3 is 3.00 bits per heavy atom. The van der Waals surface area contributed by atoms with Crippen molar-refractivity contribution in [3.63, 3.8) is 0 Å². The maximum Gasteiger partial charge on any atom is 0.326 e. The molecular weight excluding hydrogens is 306 g/mol. The Morgan fingerprint density at radius 2 is 2.32 bits per heavy atom. The van der Waals surface area contributed by atoms with E-state index in [-0.39, 0.29) is 18.5 Å². The van der Waals surface area contributed by atoms with Crippen LogP contribution in [0, 0.1) is 5.92 Å². The lowest BCUT2D eigenvalue weighted by atomic mass is 9.74. The summed E-state index contributed by atoms with van der Waals surface area (Å²) in [5, 5.41) is 0. The second-order valence-corrected chi connectivity index (χ2v) is 6.31. The third-order valence-electron chi connectivity index (χ3n) is 4.00. The molecule has 1 aliphatic rings. The Labute approximate surface area is 122 Å². The first kappa shape index (κ1) is 14.5. The molecule has 0 aliphatic heterocycles.